The van der Waals surface area contributed by atoms with Crippen LogP contribution in [0.5, 0.6) is 5.75 Å². The van der Waals surface area contributed by atoms with Gasteiger partial charge < -0.3 is 15.0 Å². The summed E-state index contributed by atoms with van der Waals surface area (Å²) in [7, 11) is 0. The first-order valence-corrected chi connectivity index (χ1v) is 9.75. The van der Waals surface area contributed by atoms with Gasteiger partial charge in [-0.1, -0.05) is 26.0 Å². The van der Waals surface area contributed by atoms with E-state index in [4.69, 9.17) is 4.74 Å². The summed E-state index contributed by atoms with van der Waals surface area (Å²) in [5.74, 6) is 0.406. The Balaban J connectivity index is 1.42. The predicted octanol–water partition coefficient (Wildman–Crippen LogP) is 3.39. The number of carbonyl (C=O) groups excluding carboxylic acids is 2. The summed E-state index contributed by atoms with van der Waals surface area (Å²) >= 11 is 0. The molecule has 1 saturated heterocycles. The Labute approximate surface area is 170 Å². The minimum Gasteiger partial charge on any atom is -0.492 e. The fraction of sp³-hybridized carbons (Fsp3) is 0.364. The summed E-state index contributed by atoms with van der Waals surface area (Å²) in [4.78, 5) is 28.0. The number of benzene rings is 2. The highest BCUT2D eigenvalue weighted by molar-refractivity contribution is 5.96. The van der Waals surface area contributed by atoms with Gasteiger partial charge in [-0.15, -0.1) is 0 Å². The van der Waals surface area contributed by atoms with E-state index >= 15 is 0 Å². The average Bonchev–Trinajstić information content (AvgIpc) is 3.07. The van der Waals surface area contributed by atoms with E-state index in [0.29, 0.717) is 31.3 Å². The predicted molar refractivity (Wildman–Crippen MR) is 110 cm³/mol. The number of amides is 3. The van der Waals surface area contributed by atoms with Gasteiger partial charge in [-0.25, -0.2) is 9.18 Å². The summed E-state index contributed by atoms with van der Waals surface area (Å²) in [5.41, 5.74) is 2.06. The van der Waals surface area contributed by atoms with E-state index in [1.54, 1.807) is 4.90 Å². The van der Waals surface area contributed by atoms with E-state index in [1.165, 1.54) is 34.7 Å². The number of nitrogens with zero attached hydrogens (tertiary/aromatic N) is 2. The van der Waals surface area contributed by atoms with Crippen molar-refractivity contribution in [1.82, 2.24) is 10.2 Å². The maximum atomic E-state index is 12.8. The number of hydrogen-bond donors (Lipinski definition) is 1. The number of rotatable bonds is 8. The lowest BCUT2D eigenvalue weighted by Gasteiger charge is -2.19. The van der Waals surface area contributed by atoms with Crippen LogP contribution in [0.1, 0.15) is 25.3 Å². The minimum atomic E-state index is -0.328. The molecule has 3 rings (SSSR count). The van der Waals surface area contributed by atoms with Crippen molar-refractivity contribution in [3.8, 4) is 5.75 Å². The monoisotopic (exact) mass is 399 g/mol. The Morgan fingerprint density at radius 2 is 1.79 bits per heavy atom. The third-order valence-electron chi connectivity index (χ3n) is 4.81. The second-order valence-corrected chi connectivity index (χ2v) is 7.25. The van der Waals surface area contributed by atoms with Gasteiger partial charge in [-0.2, -0.15) is 0 Å². The minimum absolute atomic E-state index is 0.00988. The van der Waals surface area contributed by atoms with Crippen LogP contribution in [0.3, 0.4) is 0 Å². The van der Waals surface area contributed by atoms with Crippen molar-refractivity contribution in [3.63, 3.8) is 0 Å². The van der Waals surface area contributed by atoms with E-state index in [2.05, 4.69) is 19.2 Å². The third kappa shape index (κ3) is 5.47. The fourth-order valence-corrected chi connectivity index (χ4v) is 3.13. The van der Waals surface area contributed by atoms with Crippen molar-refractivity contribution in [2.24, 2.45) is 0 Å². The van der Waals surface area contributed by atoms with E-state index < -0.39 is 0 Å². The number of hydrogen-bond acceptors (Lipinski definition) is 3. The van der Waals surface area contributed by atoms with Crippen molar-refractivity contribution in [2.45, 2.75) is 19.8 Å². The summed E-state index contributed by atoms with van der Waals surface area (Å²) in [6.45, 7) is 5.89. The normalized spacial score (nSPS) is 13.9. The molecule has 1 aliphatic rings. The van der Waals surface area contributed by atoms with Crippen LogP contribution in [-0.4, -0.2) is 49.6 Å². The molecule has 7 heteroatoms. The zero-order valence-electron chi connectivity index (χ0n) is 16.7. The number of halogens is 1. The van der Waals surface area contributed by atoms with Gasteiger partial charge in [-0.3, -0.25) is 9.69 Å². The molecule has 154 valence electrons. The second kappa shape index (κ2) is 9.41. The zero-order valence-corrected chi connectivity index (χ0v) is 16.7. The molecular formula is C22H26FN3O3. The van der Waals surface area contributed by atoms with E-state index in [1.807, 2.05) is 24.3 Å². The summed E-state index contributed by atoms with van der Waals surface area (Å²) in [5, 5.41) is 2.74. The first-order valence-electron chi connectivity index (χ1n) is 9.75. The molecule has 1 aliphatic heterocycles. The first-order chi connectivity index (χ1) is 13.9. The topological polar surface area (TPSA) is 61.9 Å². The van der Waals surface area contributed by atoms with Crippen LogP contribution in [0.15, 0.2) is 48.5 Å². The standard InChI is InChI=1S/C22H26FN3O3/c1-16(2)17-3-7-19(8-4-17)26-13-12-25(22(26)28)15-21(27)24-11-14-29-20-9-5-18(23)6-10-20/h3-10,16H,11-15H2,1-2H3,(H,24,27). The van der Waals surface area contributed by atoms with Crippen molar-refractivity contribution in [2.75, 3.05) is 37.7 Å². The molecule has 0 aromatic heterocycles. The Morgan fingerprint density at radius 3 is 2.45 bits per heavy atom. The van der Waals surface area contributed by atoms with Gasteiger partial charge >= 0.3 is 6.03 Å². The number of nitrogens with one attached hydrogen (secondary N) is 1. The molecule has 3 amide bonds. The van der Waals surface area contributed by atoms with Gasteiger partial charge in [0.05, 0.1) is 6.54 Å². The van der Waals surface area contributed by atoms with Crippen molar-refractivity contribution in [3.05, 3.63) is 59.9 Å². The van der Waals surface area contributed by atoms with Gasteiger partial charge in [0.15, 0.2) is 0 Å². The Morgan fingerprint density at radius 1 is 1.10 bits per heavy atom. The largest absolute Gasteiger partial charge is 0.492 e. The van der Waals surface area contributed by atoms with Gasteiger partial charge in [0, 0.05) is 18.8 Å². The Hall–Kier alpha value is -3.09. The summed E-state index contributed by atoms with van der Waals surface area (Å²) < 4.78 is 18.3. The average molecular weight is 399 g/mol. The number of carbonyl (C=O) groups is 2. The molecule has 0 spiro atoms. The summed E-state index contributed by atoms with van der Waals surface area (Å²) in [6, 6.07) is 13.5. The van der Waals surface area contributed by atoms with Crippen LogP contribution < -0.4 is 15.0 Å². The van der Waals surface area contributed by atoms with Crippen molar-refractivity contribution in [1.29, 1.82) is 0 Å². The second-order valence-electron chi connectivity index (χ2n) is 7.25. The van der Waals surface area contributed by atoms with E-state index in [-0.39, 0.29) is 30.9 Å². The number of anilines is 1. The highest BCUT2D eigenvalue weighted by Crippen LogP contribution is 2.23. The SMILES string of the molecule is CC(C)c1ccc(N2CCN(CC(=O)NCCOc3ccc(F)cc3)C2=O)cc1. The highest BCUT2D eigenvalue weighted by Gasteiger charge is 2.30. The number of urea groups is 1. The van der Waals surface area contributed by atoms with Gasteiger partial charge in [0.25, 0.3) is 0 Å². The smallest absolute Gasteiger partial charge is 0.325 e. The van der Waals surface area contributed by atoms with Crippen LogP contribution in [0.25, 0.3) is 0 Å². The molecule has 0 radical (unpaired) electrons. The van der Waals surface area contributed by atoms with Crippen LogP contribution in [0.4, 0.5) is 14.9 Å². The van der Waals surface area contributed by atoms with Gasteiger partial charge in [0.1, 0.15) is 24.7 Å². The first kappa shape index (κ1) is 20.6. The van der Waals surface area contributed by atoms with Crippen molar-refractivity contribution >= 4 is 17.6 Å². The maximum absolute atomic E-state index is 12.8. The molecule has 29 heavy (non-hydrogen) atoms. The quantitative estimate of drug-likeness (QED) is 0.692. The third-order valence-corrected chi connectivity index (χ3v) is 4.81. The van der Waals surface area contributed by atoms with E-state index in [0.717, 1.165) is 5.69 Å². The molecule has 2 aromatic rings. The molecular weight excluding hydrogens is 373 g/mol. The van der Waals surface area contributed by atoms with Crippen molar-refractivity contribution < 1.29 is 18.7 Å². The molecule has 1 heterocycles. The molecule has 1 N–H and O–H groups in total. The molecule has 0 bridgehead atoms. The van der Waals surface area contributed by atoms with Crippen LogP contribution in [-0.2, 0) is 4.79 Å². The maximum Gasteiger partial charge on any atom is 0.325 e. The molecule has 1 fully saturated rings. The lowest BCUT2D eigenvalue weighted by molar-refractivity contribution is -0.121. The van der Waals surface area contributed by atoms with E-state index in [9.17, 15) is 14.0 Å². The lowest BCUT2D eigenvalue weighted by Crippen LogP contribution is -2.41. The molecule has 0 atom stereocenters. The fourth-order valence-electron chi connectivity index (χ4n) is 3.13. The van der Waals surface area contributed by atoms with Gasteiger partial charge in [-0.05, 0) is 47.9 Å². The molecule has 0 unspecified atom stereocenters. The highest BCUT2D eigenvalue weighted by atomic mass is 19.1. The van der Waals surface area contributed by atoms with Crippen LogP contribution in [0.2, 0.25) is 0 Å². The summed E-state index contributed by atoms with van der Waals surface area (Å²) in [6.07, 6.45) is 0. The van der Waals surface area contributed by atoms with Gasteiger partial charge in [0.2, 0.25) is 5.91 Å². The molecule has 2 aromatic carbocycles. The lowest BCUT2D eigenvalue weighted by atomic mass is 10.0. The zero-order chi connectivity index (χ0) is 20.8. The molecule has 0 aliphatic carbocycles. The Bertz CT molecular complexity index is 837. The Kier molecular flexibility index (Phi) is 6.69. The van der Waals surface area contributed by atoms with Crippen LogP contribution in [0, 0.1) is 5.82 Å². The molecule has 0 saturated carbocycles. The number of ether oxygens (including phenoxy) is 1. The molecule has 6 nitrogen and oxygen atoms in total. The van der Waals surface area contributed by atoms with Crippen LogP contribution >= 0.6 is 0 Å².